The highest BCUT2D eigenvalue weighted by molar-refractivity contribution is 14.1. The van der Waals surface area contributed by atoms with Gasteiger partial charge in [0.2, 0.25) is 5.91 Å². The summed E-state index contributed by atoms with van der Waals surface area (Å²) in [6, 6.07) is 3.51. The Morgan fingerprint density at radius 2 is 2.07 bits per heavy atom. The number of terminal acetylenes is 1. The highest BCUT2D eigenvalue weighted by Crippen LogP contribution is 2.37. The first-order chi connectivity index (χ1) is 13.9. The van der Waals surface area contributed by atoms with Crippen molar-refractivity contribution in [1.82, 2.24) is 9.80 Å². The van der Waals surface area contributed by atoms with Crippen molar-refractivity contribution in [3.63, 3.8) is 0 Å². The maximum atomic E-state index is 12.7. The quantitative estimate of drug-likeness (QED) is 0.323. The van der Waals surface area contributed by atoms with Crippen molar-refractivity contribution in [2.75, 3.05) is 33.4 Å². The van der Waals surface area contributed by atoms with E-state index in [1.807, 2.05) is 0 Å². The number of hydrogen-bond acceptors (Lipinski definition) is 6. The fourth-order valence-electron chi connectivity index (χ4n) is 3.07. The van der Waals surface area contributed by atoms with Gasteiger partial charge in [-0.3, -0.25) is 19.3 Å². The molecule has 0 bridgehead atoms. The lowest BCUT2D eigenvalue weighted by molar-refractivity contribution is -0.135. The van der Waals surface area contributed by atoms with E-state index in [-0.39, 0.29) is 24.0 Å². The zero-order valence-electron chi connectivity index (χ0n) is 15.8. The minimum atomic E-state index is -0.464. The Labute approximate surface area is 186 Å². The van der Waals surface area contributed by atoms with Gasteiger partial charge in [0.05, 0.1) is 15.6 Å². The van der Waals surface area contributed by atoms with E-state index < -0.39 is 11.1 Å². The number of amides is 3. The molecule has 2 heterocycles. The van der Waals surface area contributed by atoms with E-state index in [9.17, 15) is 14.4 Å². The molecule has 0 radical (unpaired) electrons. The molecule has 2 fully saturated rings. The number of rotatable bonds is 6. The van der Waals surface area contributed by atoms with Gasteiger partial charge in [0.25, 0.3) is 11.1 Å². The van der Waals surface area contributed by atoms with Crippen molar-refractivity contribution in [3.8, 4) is 23.8 Å². The predicted octanol–water partition coefficient (Wildman–Crippen LogP) is 2.97. The maximum absolute atomic E-state index is 12.7. The smallest absolute Gasteiger partial charge is 0.294 e. The van der Waals surface area contributed by atoms with Crippen LogP contribution < -0.4 is 9.47 Å². The average molecular weight is 526 g/mol. The summed E-state index contributed by atoms with van der Waals surface area (Å²) in [5.74, 6) is 2.74. The van der Waals surface area contributed by atoms with Gasteiger partial charge < -0.3 is 14.4 Å². The van der Waals surface area contributed by atoms with Crippen LogP contribution in [0.3, 0.4) is 0 Å². The Kier molecular flexibility index (Phi) is 7.08. The molecule has 0 spiro atoms. The Balaban J connectivity index is 1.79. The van der Waals surface area contributed by atoms with Gasteiger partial charge in [0, 0.05) is 13.1 Å². The van der Waals surface area contributed by atoms with E-state index in [4.69, 9.17) is 15.9 Å². The van der Waals surface area contributed by atoms with Crippen LogP contribution in [0.2, 0.25) is 0 Å². The average Bonchev–Trinajstić information content (AvgIpc) is 3.32. The lowest BCUT2D eigenvalue weighted by Gasteiger charge is -2.18. The Morgan fingerprint density at radius 1 is 1.34 bits per heavy atom. The number of likely N-dealkylation sites (tertiary alicyclic amines) is 1. The zero-order chi connectivity index (χ0) is 21.0. The molecule has 0 aliphatic carbocycles. The molecule has 7 nitrogen and oxygen atoms in total. The second-order valence-electron chi connectivity index (χ2n) is 6.38. The number of nitrogens with zero attached hydrogens (tertiary/aromatic N) is 2. The number of hydrogen-bond donors (Lipinski definition) is 0. The monoisotopic (exact) mass is 526 g/mol. The summed E-state index contributed by atoms with van der Waals surface area (Å²) in [5, 5.41) is -0.440. The molecule has 2 aliphatic heterocycles. The van der Waals surface area contributed by atoms with Crippen LogP contribution in [0.1, 0.15) is 18.4 Å². The van der Waals surface area contributed by atoms with E-state index in [1.54, 1.807) is 23.1 Å². The standard InChI is InChI=1S/C20H19IN2O5S/c1-3-8-28-18-14(21)9-13(10-15(18)27-2)11-16-19(25)23(20(26)29-16)12-17(24)22-6-4-5-7-22/h1,9-11H,4-8,12H2,2H3/b16-11+. The molecule has 0 atom stereocenters. The first-order valence-electron chi connectivity index (χ1n) is 8.91. The normalized spacial score (nSPS) is 17.8. The largest absolute Gasteiger partial charge is 0.493 e. The summed E-state index contributed by atoms with van der Waals surface area (Å²) in [6.07, 6.45) is 8.76. The van der Waals surface area contributed by atoms with Crippen LogP contribution in [0.4, 0.5) is 4.79 Å². The molecular weight excluding hydrogens is 507 g/mol. The van der Waals surface area contributed by atoms with Crippen molar-refractivity contribution >= 4 is 57.5 Å². The summed E-state index contributed by atoms with van der Waals surface area (Å²) in [7, 11) is 1.51. The molecule has 0 aromatic heterocycles. The van der Waals surface area contributed by atoms with E-state index in [0.717, 1.165) is 33.1 Å². The number of halogens is 1. The Morgan fingerprint density at radius 3 is 2.72 bits per heavy atom. The molecule has 29 heavy (non-hydrogen) atoms. The first kappa shape index (κ1) is 21.5. The molecule has 2 aliphatic rings. The van der Waals surface area contributed by atoms with Gasteiger partial charge in [-0.05, 0) is 71.0 Å². The second-order valence-corrected chi connectivity index (χ2v) is 8.54. The summed E-state index contributed by atoms with van der Waals surface area (Å²) in [6.45, 7) is 1.24. The summed E-state index contributed by atoms with van der Waals surface area (Å²) in [4.78, 5) is 40.2. The van der Waals surface area contributed by atoms with Crippen molar-refractivity contribution in [2.24, 2.45) is 0 Å². The molecule has 0 unspecified atom stereocenters. The highest BCUT2D eigenvalue weighted by Gasteiger charge is 2.37. The fraction of sp³-hybridized carbons (Fsp3) is 0.350. The number of thioether (sulfide) groups is 1. The topological polar surface area (TPSA) is 76.2 Å². The molecule has 0 saturated carbocycles. The summed E-state index contributed by atoms with van der Waals surface area (Å²) in [5.41, 5.74) is 0.677. The van der Waals surface area contributed by atoms with Crippen molar-refractivity contribution in [3.05, 3.63) is 26.2 Å². The van der Waals surface area contributed by atoms with E-state index in [2.05, 4.69) is 28.5 Å². The van der Waals surface area contributed by atoms with Gasteiger partial charge in [-0.2, -0.15) is 0 Å². The number of carbonyl (C=O) groups is 3. The number of imide groups is 1. The SMILES string of the molecule is C#CCOc1c(I)cc(/C=C2/SC(=O)N(CC(=O)N3CCCC3)C2=O)cc1OC. The predicted molar refractivity (Wildman–Crippen MR) is 119 cm³/mol. The van der Waals surface area contributed by atoms with Gasteiger partial charge in [0.1, 0.15) is 13.2 Å². The Hall–Kier alpha value is -2.19. The lowest BCUT2D eigenvalue weighted by atomic mass is 10.2. The molecule has 152 valence electrons. The highest BCUT2D eigenvalue weighted by atomic mass is 127. The zero-order valence-corrected chi connectivity index (χ0v) is 18.7. The molecule has 1 aromatic carbocycles. The number of ether oxygens (including phenoxy) is 2. The molecular formula is C20H19IN2O5S. The molecule has 0 N–H and O–H groups in total. The minimum absolute atomic E-state index is 0.107. The van der Waals surface area contributed by atoms with Crippen LogP contribution in [0, 0.1) is 15.9 Å². The van der Waals surface area contributed by atoms with Crippen LogP contribution in [0.25, 0.3) is 6.08 Å². The first-order valence-corrected chi connectivity index (χ1v) is 10.8. The van der Waals surface area contributed by atoms with Gasteiger partial charge in [-0.15, -0.1) is 6.42 Å². The van der Waals surface area contributed by atoms with Crippen molar-refractivity contribution in [2.45, 2.75) is 12.8 Å². The second kappa shape index (κ2) is 9.54. The molecule has 1 aromatic rings. The third kappa shape index (κ3) is 4.87. The van der Waals surface area contributed by atoms with E-state index in [1.165, 1.54) is 7.11 Å². The third-order valence-electron chi connectivity index (χ3n) is 4.48. The Bertz CT molecular complexity index is 918. The van der Waals surface area contributed by atoms with Crippen LogP contribution >= 0.6 is 34.4 Å². The third-order valence-corrected chi connectivity index (χ3v) is 6.18. The maximum Gasteiger partial charge on any atom is 0.294 e. The van der Waals surface area contributed by atoms with Gasteiger partial charge in [0.15, 0.2) is 11.5 Å². The van der Waals surface area contributed by atoms with Crippen LogP contribution in [-0.4, -0.2) is 60.2 Å². The molecule has 2 saturated heterocycles. The number of carbonyl (C=O) groups excluding carboxylic acids is 3. The van der Waals surface area contributed by atoms with Gasteiger partial charge in [-0.25, -0.2) is 0 Å². The van der Waals surface area contributed by atoms with Gasteiger partial charge in [-0.1, -0.05) is 5.92 Å². The van der Waals surface area contributed by atoms with Crippen LogP contribution in [0.15, 0.2) is 17.0 Å². The number of benzene rings is 1. The van der Waals surface area contributed by atoms with Crippen molar-refractivity contribution in [1.29, 1.82) is 0 Å². The lowest BCUT2D eigenvalue weighted by Crippen LogP contribution is -2.40. The number of methoxy groups -OCH3 is 1. The van der Waals surface area contributed by atoms with Gasteiger partial charge >= 0.3 is 0 Å². The molecule has 3 amide bonds. The van der Waals surface area contributed by atoms with Crippen LogP contribution in [0.5, 0.6) is 11.5 Å². The van der Waals surface area contributed by atoms with Crippen molar-refractivity contribution < 1.29 is 23.9 Å². The fourth-order valence-corrected chi connectivity index (χ4v) is 4.69. The molecule has 9 heteroatoms. The van der Waals surface area contributed by atoms with Crippen LogP contribution in [-0.2, 0) is 9.59 Å². The minimum Gasteiger partial charge on any atom is -0.493 e. The van der Waals surface area contributed by atoms with E-state index in [0.29, 0.717) is 30.2 Å². The molecule has 3 rings (SSSR count). The summed E-state index contributed by atoms with van der Waals surface area (Å²) >= 11 is 2.92. The van der Waals surface area contributed by atoms with E-state index >= 15 is 0 Å². The summed E-state index contributed by atoms with van der Waals surface area (Å²) < 4.78 is 11.6.